The molecule has 1 aliphatic heterocycles. The van der Waals surface area contributed by atoms with Gasteiger partial charge in [-0.1, -0.05) is 48.6 Å². The van der Waals surface area contributed by atoms with E-state index < -0.39 is 12.0 Å². The van der Waals surface area contributed by atoms with Gasteiger partial charge in [0.15, 0.2) is 5.65 Å². The molecule has 0 fully saturated rings. The van der Waals surface area contributed by atoms with Crippen LogP contribution < -0.4 is 14.8 Å². The second-order valence-corrected chi connectivity index (χ2v) is 8.56. The molecule has 2 aromatic heterocycles. The number of aromatic nitrogens is 4. The van der Waals surface area contributed by atoms with Crippen molar-refractivity contribution in [2.75, 3.05) is 26.8 Å². The summed E-state index contributed by atoms with van der Waals surface area (Å²) in [6.07, 6.45) is 0.777. The Morgan fingerprint density at radius 3 is 2.65 bits per heavy atom. The molecule has 0 amide bonds. The van der Waals surface area contributed by atoms with Crippen molar-refractivity contribution in [3.05, 3.63) is 72.1 Å². The number of hydrogen-bond donors (Lipinski definition) is 1. The first-order chi connectivity index (χ1) is 17.9. The molecule has 1 atom stereocenters. The normalized spacial score (nSPS) is 15.8. The van der Waals surface area contributed by atoms with Crippen molar-refractivity contribution >= 4 is 22.1 Å². The van der Waals surface area contributed by atoms with Gasteiger partial charge in [-0.05, 0) is 30.7 Å². The summed E-state index contributed by atoms with van der Waals surface area (Å²) in [5.74, 6) is -0.264. The van der Waals surface area contributed by atoms with E-state index in [-0.39, 0.29) is 24.2 Å². The Hall–Kier alpha value is -3.99. The minimum Gasteiger partial charge on any atom is -0.496 e. The van der Waals surface area contributed by atoms with Gasteiger partial charge in [0.1, 0.15) is 12.4 Å². The zero-order valence-electron chi connectivity index (χ0n) is 20.1. The molecule has 192 valence electrons. The van der Waals surface area contributed by atoms with Gasteiger partial charge in [-0.3, -0.25) is 4.99 Å². The van der Waals surface area contributed by atoms with E-state index in [1.54, 1.807) is 31.4 Å². The van der Waals surface area contributed by atoms with Gasteiger partial charge >= 0.3 is 6.18 Å². The number of methoxy groups -OCH3 is 1. The fourth-order valence-corrected chi connectivity index (χ4v) is 4.27. The maximum Gasteiger partial charge on any atom is 0.453 e. The number of nitrogens with zero attached hydrogens (tertiary/aromatic N) is 5. The summed E-state index contributed by atoms with van der Waals surface area (Å²) in [5.41, 5.74) is 1.94. The maximum atomic E-state index is 13.4. The Bertz CT molecular complexity index is 1460. The van der Waals surface area contributed by atoms with Crippen LogP contribution in [0.25, 0.3) is 16.4 Å². The van der Waals surface area contributed by atoms with E-state index in [1.165, 1.54) is 0 Å². The maximum absolute atomic E-state index is 13.4. The minimum absolute atomic E-state index is 0.0208. The average molecular weight is 511 g/mol. The molecule has 0 radical (unpaired) electrons. The monoisotopic (exact) mass is 510 g/mol. The molecule has 0 saturated heterocycles. The highest BCUT2D eigenvalue weighted by Gasteiger charge is 2.38. The van der Waals surface area contributed by atoms with Gasteiger partial charge < -0.3 is 14.8 Å². The Labute approximate surface area is 210 Å². The van der Waals surface area contributed by atoms with Gasteiger partial charge in [-0.2, -0.15) is 17.7 Å². The van der Waals surface area contributed by atoms with Crippen LogP contribution in [0.15, 0.2) is 65.7 Å². The van der Waals surface area contributed by atoms with Crippen LogP contribution >= 0.6 is 0 Å². The van der Waals surface area contributed by atoms with Crippen molar-refractivity contribution in [1.82, 2.24) is 25.1 Å². The number of alkyl halides is 3. The smallest absolute Gasteiger partial charge is 0.453 e. The van der Waals surface area contributed by atoms with Crippen LogP contribution in [0, 0.1) is 0 Å². The number of rotatable bonds is 9. The largest absolute Gasteiger partial charge is 0.496 e. The minimum atomic E-state index is -4.70. The van der Waals surface area contributed by atoms with E-state index >= 15 is 0 Å². The molecular weight excluding hydrogens is 485 g/mol. The Kier molecular flexibility index (Phi) is 7.04. The zero-order valence-corrected chi connectivity index (χ0v) is 20.1. The van der Waals surface area contributed by atoms with Gasteiger partial charge in [0.2, 0.25) is 5.88 Å². The SMILES string of the molecule is COc1ccccc1CCNCC1C=CCC(COc2nn3c(C(F)(F)F)nnc3c3ccccc23)=N1. The quantitative estimate of drug-likeness (QED) is 0.267. The van der Waals surface area contributed by atoms with Gasteiger partial charge in [-0.25, -0.2) is 0 Å². The van der Waals surface area contributed by atoms with Crippen molar-refractivity contribution in [2.45, 2.75) is 25.1 Å². The predicted molar refractivity (Wildman–Crippen MR) is 133 cm³/mol. The molecule has 0 aliphatic carbocycles. The molecule has 2 aromatic carbocycles. The molecule has 0 bridgehead atoms. The standard InChI is InChI=1S/C26H25F3N6O2/c1-36-22-12-5-2-7-17(22)13-14-30-15-18-8-6-9-19(31-18)16-37-24-21-11-4-3-10-20(21)23-32-33-25(26(27,28)29)35(23)34-24/h2-8,10-12,18,30H,9,13-16H2,1H3. The van der Waals surface area contributed by atoms with E-state index in [0.717, 1.165) is 30.0 Å². The van der Waals surface area contributed by atoms with E-state index in [4.69, 9.17) is 14.5 Å². The van der Waals surface area contributed by atoms with E-state index in [1.807, 2.05) is 36.4 Å². The van der Waals surface area contributed by atoms with Crippen LogP contribution in [0.3, 0.4) is 0 Å². The molecule has 8 nitrogen and oxygen atoms in total. The van der Waals surface area contributed by atoms with Crippen molar-refractivity contribution < 1.29 is 22.6 Å². The summed E-state index contributed by atoms with van der Waals surface area (Å²) in [4.78, 5) is 4.74. The van der Waals surface area contributed by atoms with Gasteiger partial charge in [0.05, 0.1) is 18.9 Å². The lowest BCUT2D eigenvalue weighted by atomic mass is 10.1. The number of dihydropyridines is 1. The molecule has 0 spiro atoms. The molecule has 1 unspecified atom stereocenters. The predicted octanol–water partition coefficient (Wildman–Crippen LogP) is 4.29. The zero-order chi connectivity index (χ0) is 25.8. The fourth-order valence-electron chi connectivity index (χ4n) is 4.27. The second kappa shape index (κ2) is 10.6. The Morgan fingerprint density at radius 1 is 1.05 bits per heavy atom. The third-order valence-corrected chi connectivity index (χ3v) is 6.04. The molecule has 5 rings (SSSR count). The van der Waals surface area contributed by atoms with Crippen LogP contribution in [-0.2, 0) is 12.6 Å². The summed E-state index contributed by atoms with van der Waals surface area (Å²) in [7, 11) is 1.66. The first kappa shape index (κ1) is 24.7. The third kappa shape index (κ3) is 5.41. The van der Waals surface area contributed by atoms with Crippen molar-refractivity contribution in [1.29, 1.82) is 0 Å². The summed E-state index contributed by atoms with van der Waals surface area (Å²) in [6, 6.07) is 14.7. The van der Waals surface area contributed by atoms with Crippen molar-refractivity contribution in [2.24, 2.45) is 4.99 Å². The Morgan fingerprint density at radius 2 is 1.84 bits per heavy atom. The number of fused-ring (bicyclic) bond motifs is 3. The molecular formula is C26H25F3N6O2. The number of aliphatic imine (C=N–C) groups is 1. The molecule has 37 heavy (non-hydrogen) atoms. The highest BCUT2D eigenvalue weighted by atomic mass is 19.4. The van der Waals surface area contributed by atoms with Crippen LogP contribution in [0.2, 0.25) is 0 Å². The molecule has 1 aliphatic rings. The average Bonchev–Trinajstić information content (AvgIpc) is 3.35. The van der Waals surface area contributed by atoms with Crippen molar-refractivity contribution in [3.8, 4) is 11.6 Å². The number of allylic oxidation sites excluding steroid dienone is 1. The Balaban J connectivity index is 1.26. The van der Waals surface area contributed by atoms with E-state index in [9.17, 15) is 13.2 Å². The molecule has 11 heteroatoms. The lowest BCUT2D eigenvalue weighted by Crippen LogP contribution is -2.29. The van der Waals surface area contributed by atoms with Gasteiger partial charge in [-0.15, -0.1) is 15.3 Å². The van der Waals surface area contributed by atoms with Crippen LogP contribution in [0.4, 0.5) is 13.2 Å². The van der Waals surface area contributed by atoms with Crippen LogP contribution in [0.5, 0.6) is 11.6 Å². The van der Waals surface area contributed by atoms with Gasteiger partial charge in [0.25, 0.3) is 5.82 Å². The molecule has 3 heterocycles. The summed E-state index contributed by atoms with van der Waals surface area (Å²) >= 11 is 0. The highest BCUT2D eigenvalue weighted by molar-refractivity contribution is 5.97. The van der Waals surface area contributed by atoms with Crippen LogP contribution in [0.1, 0.15) is 17.8 Å². The van der Waals surface area contributed by atoms with Gasteiger partial charge in [0, 0.05) is 23.7 Å². The lowest BCUT2D eigenvalue weighted by molar-refractivity contribution is -0.146. The second-order valence-electron chi connectivity index (χ2n) is 8.56. The summed E-state index contributed by atoms with van der Waals surface area (Å²) in [5, 5.41) is 15.5. The number of ether oxygens (including phenoxy) is 2. The van der Waals surface area contributed by atoms with E-state index in [0.29, 0.717) is 28.3 Å². The topological polar surface area (TPSA) is 85.9 Å². The number of nitrogens with one attached hydrogen (secondary N) is 1. The van der Waals surface area contributed by atoms with Crippen LogP contribution in [-0.4, -0.2) is 58.4 Å². The molecule has 4 aromatic rings. The highest BCUT2D eigenvalue weighted by Crippen LogP contribution is 2.32. The fraction of sp³-hybridized carbons (Fsp3) is 0.308. The number of halogens is 3. The molecule has 0 saturated carbocycles. The number of benzene rings is 2. The number of hydrogen-bond acceptors (Lipinski definition) is 7. The third-order valence-electron chi connectivity index (χ3n) is 6.04. The first-order valence-corrected chi connectivity index (χ1v) is 11.8. The molecule has 1 N–H and O–H groups in total. The van der Waals surface area contributed by atoms with E-state index in [2.05, 4.69) is 20.6 Å². The van der Waals surface area contributed by atoms with Crippen molar-refractivity contribution in [3.63, 3.8) is 0 Å². The number of para-hydroxylation sites is 1. The summed E-state index contributed by atoms with van der Waals surface area (Å²) < 4.78 is 52.3. The lowest BCUT2D eigenvalue weighted by Gasteiger charge is -2.17. The summed E-state index contributed by atoms with van der Waals surface area (Å²) in [6.45, 7) is 1.52. The first-order valence-electron chi connectivity index (χ1n) is 11.8.